The summed E-state index contributed by atoms with van der Waals surface area (Å²) < 4.78 is 0. The topological polar surface area (TPSA) is 52.6 Å². The van der Waals surface area contributed by atoms with Crippen molar-refractivity contribution < 1.29 is 9.90 Å². The highest BCUT2D eigenvalue weighted by molar-refractivity contribution is 7.10. The molecule has 0 radical (unpaired) electrons. The summed E-state index contributed by atoms with van der Waals surface area (Å²) in [7, 11) is 0. The predicted molar refractivity (Wildman–Crippen MR) is 88.9 cm³/mol. The Morgan fingerprint density at radius 3 is 3.05 bits per heavy atom. The highest BCUT2D eigenvalue weighted by atomic mass is 32.1. The van der Waals surface area contributed by atoms with Crippen molar-refractivity contribution in [2.24, 2.45) is 0 Å². The van der Waals surface area contributed by atoms with Crippen LogP contribution in [-0.2, 0) is 11.4 Å². The third-order valence-corrected chi connectivity index (χ3v) is 4.97. The van der Waals surface area contributed by atoms with E-state index >= 15 is 0 Å². The second-order valence-corrected chi connectivity index (χ2v) is 6.45. The third-order valence-electron chi connectivity index (χ3n) is 4.00. The van der Waals surface area contributed by atoms with Gasteiger partial charge < -0.3 is 15.3 Å². The number of amides is 1. The number of nitrogens with one attached hydrogen (secondary N) is 1. The number of hydrogen-bond acceptors (Lipinski definition) is 4. The molecule has 1 atom stereocenters. The number of anilines is 1. The number of likely N-dealkylation sites (tertiary alicyclic amines) is 1. The SMILES string of the molecule is O=C(CNc1cccc(CO)c1)N1CCCC1c1cccs1. The number of carbonyl (C=O) groups excluding carboxylic acids is 1. The highest BCUT2D eigenvalue weighted by Gasteiger charge is 2.30. The first-order chi connectivity index (χ1) is 10.8. The third kappa shape index (κ3) is 3.31. The van der Waals surface area contributed by atoms with Gasteiger partial charge in [0, 0.05) is 17.1 Å². The van der Waals surface area contributed by atoms with Crippen LogP contribution < -0.4 is 5.32 Å². The van der Waals surface area contributed by atoms with Crippen LogP contribution in [0.4, 0.5) is 5.69 Å². The number of carbonyl (C=O) groups is 1. The van der Waals surface area contributed by atoms with Crippen LogP contribution in [0, 0.1) is 0 Å². The molecule has 1 fully saturated rings. The monoisotopic (exact) mass is 316 g/mol. The number of thiophene rings is 1. The van der Waals surface area contributed by atoms with E-state index in [2.05, 4.69) is 16.8 Å². The smallest absolute Gasteiger partial charge is 0.242 e. The summed E-state index contributed by atoms with van der Waals surface area (Å²) in [6.07, 6.45) is 2.11. The molecule has 1 aromatic heterocycles. The van der Waals surface area contributed by atoms with E-state index in [-0.39, 0.29) is 25.1 Å². The van der Waals surface area contributed by atoms with Crippen LogP contribution in [-0.4, -0.2) is 29.0 Å². The van der Waals surface area contributed by atoms with Crippen molar-refractivity contribution in [3.63, 3.8) is 0 Å². The van der Waals surface area contributed by atoms with Crippen LogP contribution in [0.2, 0.25) is 0 Å². The second-order valence-electron chi connectivity index (χ2n) is 5.47. The molecule has 2 aromatic rings. The maximum absolute atomic E-state index is 12.5. The van der Waals surface area contributed by atoms with Gasteiger partial charge in [0.25, 0.3) is 0 Å². The molecule has 5 heteroatoms. The number of nitrogens with zero attached hydrogens (tertiary/aromatic N) is 1. The summed E-state index contributed by atoms with van der Waals surface area (Å²) in [6.45, 7) is 1.13. The molecule has 1 amide bonds. The Balaban J connectivity index is 1.61. The Hall–Kier alpha value is -1.85. The number of aliphatic hydroxyl groups excluding tert-OH is 1. The summed E-state index contributed by atoms with van der Waals surface area (Å²) in [4.78, 5) is 15.7. The van der Waals surface area contributed by atoms with Crippen LogP contribution in [0.3, 0.4) is 0 Å². The van der Waals surface area contributed by atoms with Gasteiger partial charge in [0.05, 0.1) is 19.2 Å². The Morgan fingerprint density at radius 2 is 2.27 bits per heavy atom. The molecular weight excluding hydrogens is 296 g/mol. The molecule has 1 aliphatic heterocycles. The van der Waals surface area contributed by atoms with E-state index in [0.717, 1.165) is 30.6 Å². The molecule has 1 aliphatic rings. The Labute approximate surface area is 134 Å². The fourth-order valence-corrected chi connectivity index (χ4v) is 3.77. The number of benzene rings is 1. The van der Waals surface area contributed by atoms with Gasteiger partial charge in [-0.05, 0) is 42.0 Å². The van der Waals surface area contributed by atoms with E-state index in [1.807, 2.05) is 35.2 Å². The maximum atomic E-state index is 12.5. The van der Waals surface area contributed by atoms with Crippen LogP contribution in [0.1, 0.15) is 29.3 Å². The second kappa shape index (κ2) is 6.94. The van der Waals surface area contributed by atoms with Gasteiger partial charge in [0.1, 0.15) is 0 Å². The van der Waals surface area contributed by atoms with Crippen LogP contribution >= 0.6 is 11.3 Å². The molecule has 22 heavy (non-hydrogen) atoms. The van der Waals surface area contributed by atoms with E-state index < -0.39 is 0 Å². The molecule has 4 nitrogen and oxygen atoms in total. The fourth-order valence-electron chi connectivity index (χ4n) is 2.90. The molecule has 2 heterocycles. The van der Waals surface area contributed by atoms with Gasteiger partial charge in [-0.2, -0.15) is 0 Å². The lowest BCUT2D eigenvalue weighted by molar-refractivity contribution is -0.130. The first kappa shape index (κ1) is 15.1. The lowest BCUT2D eigenvalue weighted by Gasteiger charge is -2.24. The Bertz CT molecular complexity index is 627. The van der Waals surface area contributed by atoms with Crippen molar-refractivity contribution in [2.45, 2.75) is 25.5 Å². The lowest BCUT2D eigenvalue weighted by Crippen LogP contribution is -2.34. The zero-order valence-corrected chi connectivity index (χ0v) is 13.2. The van der Waals surface area contributed by atoms with Gasteiger partial charge in [-0.15, -0.1) is 11.3 Å². The van der Waals surface area contributed by atoms with Gasteiger partial charge in [0.15, 0.2) is 0 Å². The van der Waals surface area contributed by atoms with E-state index in [1.165, 1.54) is 4.88 Å². The molecule has 1 aromatic carbocycles. The Kier molecular flexibility index (Phi) is 4.75. The molecule has 0 bridgehead atoms. The quantitative estimate of drug-likeness (QED) is 0.891. The standard InChI is InChI=1S/C17H20N2O2S/c20-12-13-4-1-5-14(10-13)18-11-17(21)19-8-2-6-15(19)16-7-3-9-22-16/h1,3-5,7,9-10,15,18,20H,2,6,8,11-12H2. The molecule has 3 rings (SSSR count). The minimum atomic E-state index is 0.00996. The summed E-state index contributed by atoms with van der Waals surface area (Å²) >= 11 is 1.72. The normalized spacial score (nSPS) is 17.7. The van der Waals surface area contributed by atoms with Crippen molar-refractivity contribution in [1.82, 2.24) is 4.90 Å². The summed E-state index contributed by atoms with van der Waals surface area (Å²) in [5.74, 6) is 0.130. The first-order valence-corrected chi connectivity index (χ1v) is 8.42. The Morgan fingerprint density at radius 1 is 1.36 bits per heavy atom. The van der Waals surface area contributed by atoms with E-state index in [0.29, 0.717) is 0 Å². The molecule has 0 saturated carbocycles. The summed E-state index contributed by atoms with van der Waals surface area (Å²) in [5.41, 5.74) is 1.71. The van der Waals surface area contributed by atoms with Crippen molar-refractivity contribution in [2.75, 3.05) is 18.4 Å². The van der Waals surface area contributed by atoms with Crippen molar-refractivity contribution in [3.05, 3.63) is 52.2 Å². The molecule has 116 valence electrons. The fraction of sp³-hybridized carbons (Fsp3) is 0.353. The largest absolute Gasteiger partial charge is 0.392 e. The molecule has 0 spiro atoms. The molecule has 1 unspecified atom stereocenters. The predicted octanol–water partition coefficient (Wildman–Crippen LogP) is 3.02. The van der Waals surface area contributed by atoms with Crippen molar-refractivity contribution >= 4 is 22.9 Å². The van der Waals surface area contributed by atoms with Gasteiger partial charge >= 0.3 is 0 Å². The molecule has 1 saturated heterocycles. The molecular formula is C17H20N2O2S. The van der Waals surface area contributed by atoms with E-state index in [9.17, 15) is 4.79 Å². The van der Waals surface area contributed by atoms with Gasteiger partial charge in [-0.25, -0.2) is 0 Å². The van der Waals surface area contributed by atoms with Crippen LogP contribution in [0.15, 0.2) is 41.8 Å². The van der Waals surface area contributed by atoms with Gasteiger partial charge in [-0.1, -0.05) is 18.2 Å². The lowest BCUT2D eigenvalue weighted by atomic mass is 10.2. The molecule has 0 aliphatic carbocycles. The minimum absolute atomic E-state index is 0.00996. The van der Waals surface area contributed by atoms with Crippen LogP contribution in [0.5, 0.6) is 0 Å². The van der Waals surface area contributed by atoms with Crippen LogP contribution in [0.25, 0.3) is 0 Å². The molecule has 2 N–H and O–H groups in total. The summed E-state index contributed by atoms with van der Waals surface area (Å²) in [6, 6.07) is 11.9. The summed E-state index contributed by atoms with van der Waals surface area (Å²) in [5, 5.41) is 14.4. The number of hydrogen-bond donors (Lipinski definition) is 2. The van der Waals surface area contributed by atoms with E-state index in [1.54, 1.807) is 11.3 Å². The van der Waals surface area contributed by atoms with Crippen molar-refractivity contribution in [1.29, 1.82) is 0 Å². The average Bonchev–Trinajstić information content (AvgIpc) is 3.23. The van der Waals surface area contributed by atoms with Gasteiger partial charge in [-0.3, -0.25) is 4.79 Å². The number of rotatable bonds is 5. The zero-order valence-electron chi connectivity index (χ0n) is 12.4. The van der Waals surface area contributed by atoms with Crippen molar-refractivity contribution in [3.8, 4) is 0 Å². The van der Waals surface area contributed by atoms with E-state index in [4.69, 9.17) is 5.11 Å². The highest BCUT2D eigenvalue weighted by Crippen LogP contribution is 2.34. The van der Waals surface area contributed by atoms with Gasteiger partial charge in [0.2, 0.25) is 5.91 Å². The maximum Gasteiger partial charge on any atom is 0.242 e. The average molecular weight is 316 g/mol. The first-order valence-electron chi connectivity index (χ1n) is 7.54. The zero-order chi connectivity index (χ0) is 15.4. The number of aliphatic hydroxyl groups is 1. The minimum Gasteiger partial charge on any atom is -0.392 e.